The maximum atomic E-state index is 12.7. The minimum absolute atomic E-state index is 0.129. The molecule has 3 aromatic rings. The first-order chi connectivity index (χ1) is 15.4. The first-order valence-electron chi connectivity index (χ1n) is 10.3. The molecule has 0 aliphatic carbocycles. The highest BCUT2D eigenvalue weighted by atomic mass is 32.2. The lowest BCUT2D eigenvalue weighted by atomic mass is 10.1. The number of aromatic nitrogens is 3. The second-order valence-electron chi connectivity index (χ2n) is 7.46. The van der Waals surface area contributed by atoms with Gasteiger partial charge in [0, 0.05) is 17.8 Å². The van der Waals surface area contributed by atoms with E-state index in [4.69, 9.17) is 0 Å². The normalized spacial score (nSPS) is 11.6. The van der Waals surface area contributed by atoms with E-state index in [-0.39, 0.29) is 23.6 Å². The molecule has 0 bridgehead atoms. The molecule has 0 saturated heterocycles. The van der Waals surface area contributed by atoms with Gasteiger partial charge in [-0.25, -0.2) is 0 Å². The van der Waals surface area contributed by atoms with Gasteiger partial charge in [-0.3, -0.25) is 9.59 Å². The first kappa shape index (κ1) is 23.3. The van der Waals surface area contributed by atoms with E-state index in [9.17, 15) is 9.59 Å². The van der Waals surface area contributed by atoms with E-state index in [1.165, 1.54) is 11.8 Å². The molecule has 3 rings (SSSR count). The van der Waals surface area contributed by atoms with Crippen molar-refractivity contribution in [3.8, 4) is 0 Å². The van der Waals surface area contributed by atoms with Crippen LogP contribution >= 0.6 is 11.8 Å². The Bertz CT molecular complexity index is 1130. The molecule has 8 heteroatoms. The molecule has 2 N–H and O–H groups in total. The van der Waals surface area contributed by atoms with Gasteiger partial charge < -0.3 is 15.2 Å². The summed E-state index contributed by atoms with van der Waals surface area (Å²) in [5.41, 5.74) is 3.36. The highest BCUT2D eigenvalue weighted by Gasteiger charge is 2.21. The van der Waals surface area contributed by atoms with Gasteiger partial charge in [0.1, 0.15) is 0 Å². The van der Waals surface area contributed by atoms with E-state index in [1.807, 2.05) is 67.8 Å². The van der Waals surface area contributed by atoms with Gasteiger partial charge in [-0.15, -0.1) is 16.8 Å². The molecule has 0 radical (unpaired) electrons. The Balaban J connectivity index is 1.67. The van der Waals surface area contributed by atoms with E-state index in [1.54, 1.807) is 12.1 Å². The molecule has 166 valence electrons. The predicted molar refractivity (Wildman–Crippen MR) is 128 cm³/mol. The van der Waals surface area contributed by atoms with Crippen LogP contribution < -0.4 is 10.6 Å². The summed E-state index contributed by atoms with van der Waals surface area (Å²) >= 11 is 1.29. The quantitative estimate of drug-likeness (QED) is 0.376. The van der Waals surface area contributed by atoms with Crippen LogP contribution in [0.4, 0.5) is 5.69 Å². The Labute approximate surface area is 192 Å². The lowest BCUT2D eigenvalue weighted by molar-refractivity contribution is -0.113. The SMILES string of the molecule is C=CCn1c(SCC(=O)Nc2cccc(C)c2)nnc1[C@@H](C)NC(=O)c1ccccc1C. The lowest BCUT2D eigenvalue weighted by Crippen LogP contribution is -2.29. The molecule has 2 aromatic carbocycles. The maximum Gasteiger partial charge on any atom is 0.252 e. The van der Waals surface area contributed by atoms with E-state index < -0.39 is 0 Å². The molecule has 2 amide bonds. The summed E-state index contributed by atoms with van der Waals surface area (Å²) in [6.07, 6.45) is 1.74. The summed E-state index contributed by atoms with van der Waals surface area (Å²) in [7, 11) is 0. The van der Waals surface area contributed by atoms with Crippen molar-refractivity contribution in [3.63, 3.8) is 0 Å². The van der Waals surface area contributed by atoms with Crippen LogP contribution in [0.5, 0.6) is 0 Å². The van der Waals surface area contributed by atoms with Crippen molar-refractivity contribution < 1.29 is 9.59 Å². The molecule has 32 heavy (non-hydrogen) atoms. The number of carbonyl (C=O) groups excluding carboxylic acids is 2. The summed E-state index contributed by atoms with van der Waals surface area (Å²) in [4.78, 5) is 25.1. The van der Waals surface area contributed by atoms with Crippen LogP contribution in [-0.2, 0) is 11.3 Å². The Morgan fingerprint density at radius 2 is 1.94 bits per heavy atom. The van der Waals surface area contributed by atoms with Crippen molar-refractivity contribution in [2.45, 2.75) is 38.5 Å². The number of nitrogens with one attached hydrogen (secondary N) is 2. The predicted octanol–water partition coefficient (Wildman–Crippen LogP) is 4.30. The second-order valence-corrected chi connectivity index (χ2v) is 8.40. The fourth-order valence-corrected chi connectivity index (χ4v) is 4.00. The first-order valence-corrected chi connectivity index (χ1v) is 11.3. The van der Waals surface area contributed by atoms with Gasteiger partial charge in [0.15, 0.2) is 11.0 Å². The van der Waals surface area contributed by atoms with Crippen molar-refractivity contribution in [2.24, 2.45) is 0 Å². The van der Waals surface area contributed by atoms with Gasteiger partial charge in [0.2, 0.25) is 5.91 Å². The largest absolute Gasteiger partial charge is 0.342 e. The van der Waals surface area contributed by atoms with Crippen LogP contribution in [0.15, 0.2) is 66.3 Å². The van der Waals surface area contributed by atoms with Crippen LogP contribution in [0, 0.1) is 13.8 Å². The number of aryl methyl sites for hydroxylation is 2. The fourth-order valence-electron chi connectivity index (χ4n) is 3.24. The van der Waals surface area contributed by atoms with Crippen molar-refractivity contribution in [1.82, 2.24) is 20.1 Å². The third-order valence-electron chi connectivity index (χ3n) is 4.82. The van der Waals surface area contributed by atoms with Crippen LogP contribution in [0.2, 0.25) is 0 Å². The van der Waals surface area contributed by atoms with E-state index in [0.717, 1.165) is 16.8 Å². The zero-order chi connectivity index (χ0) is 23.1. The summed E-state index contributed by atoms with van der Waals surface area (Å²) in [5.74, 6) is 0.493. The Hall–Kier alpha value is -3.39. The number of nitrogens with zero attached hydrogens (tertiary/aromatic N) is 3. The molecule has 0 aliphatic heterocycles. The maximum absolute atomic E-state index is 12.7. The molecule has 0 unspecified atom stereocenters. The smallest absolute Gasteiger partial charge is 0.252 e. The molecule has 0 saturated carbocycles. The summed E-state index contributed by atoms with van der Waals surface area (Å²) in [5, 5.41) is 15.0. The standard InChI is InChI=1S/C24H27N5O2S/c1-5-13-29-22(18(4)25-23(31)20-12-7-6-10-17(20)3)27-28-24(29)32-15-21(30)26-19-11-8-9-16(2)14-19/h5-12,14,18H,1,13,15H2,2-4H3,(H,25,31)(H,26,30)/t18-/m1/s1. The number of carbonyl (C=O) groups is 2. The highest BCUT2D eigenvalue weighted by molar-refractivity contribution is 7.99. The minimum Gasteiger partial charge on any atom is -0.342 e. The average molecular weight is 450 g/mol. The number of benzene rings is 2. The Kier molecular flexibility index (Phi) is 7.83. The van der Waals surface area contributed by atoms with Crippen molar-refractivity contribution in [1.29, 1.82) is 0 Å². The Morgan fingerprint density at radius 3 is 2.66 bits per heavy atom. The number of anilines is 1. The summed E-state index contributed by atoms with van der Waals surface area (Å²) in [6, 6.07) is 14.7. The topological polar surface area (TPSA) is 88.9 Å². The molecule has 1 atom stereocenters. The fraction of sp³-hybridized carbons (Fsp3) is 0.250. The van der Waals surface area contributed by atoms with Crippen LogP contribution in [0.1, 0.15) is 40.3 Å². The third kappa shape index (κ3) is 5.85. The van der Waals surface area contributed by atoms with Gasteiger partial charge in [0.05, 0.1) is 11.8 Å². The Morgan fingerprint density at radius 1 is 1.16 bits per heavy atom. The van der Waals surface area contributed by atoms with Crippen LogP contribution in [0.25, 0.3) is 0 Å². The van der Waals surface area contributed by atoms with Gasteiger partial charge in [-0.2, -0.15) is 0 Å². The van der Waals surface area contributed by atoms with Crippen LogP contribution in [-0.4, -0.2) is 32.3 Å². The van der Waals surface area contributed by atoms with Crippen molar-refractivity contribution in [3.05, 3.63) is 83.7 Å². The molecule has 0 aliphatic rings. The van der Waals surface area contributed by atoms with Crippen molar-refractivity contribution >= 4 is 29.3 Å². The molecule has 0 fully saturated rings. The number of hydrogen-bond donors (Lipinski definition) is 2. The number of hydrogen-bond acceptors (Lipinski definition) is 5. The average Bonchev–Trinajstić information content (AvgIpc) is 3.15. The number of rotatable bonds is 9. The molecular formula is C24H27N5O2S. The van der Waals surface area contributed by atoms with Gasteiger partial charge in [-0.1, -0.05) is 48.2 Å². The number of amides is 2. The molecule has 1 aromatic heterocycles. The lowest BCUT2D eigenvalue weighted by Gasteiger charge is -2.16. The summed E-state index contributed by atoms with van der Waals surface area (Å²) in [6.45, 7) is 10.0. The molecule has 7 nitrogen and oxygen atoms in total. The highest BCUT2D eigenvalue weighted by Crippen LogP contribution is 2.22. The van der Waals surface area contributed by atoms with E-state index in [2.05, 4.69) is 27.4 Å². The van der Waals surface area contributed by atoms with Crippen molar-refractivity contribution in [2.75, 3.05) is 11.1 Å². The molecular weight excluding hydrogens is 422 g/mol. The van der Waals surface area contributed by atoms with Gasteiger partial charge in [0.25, 0.3) is 5.91 Å². The zero-order valence-corrected chi connectivity index (χ0v) is 19.3. The van der Waals surface area contributed by atoms with E-state index in [0.29, 0.717) is 23.1 Å². The van der Waals surface area contributed by atoms with Crippen LogP contribution in [0.3, 0.4) is 0 Å². The minimum atomic E-state index is -0.370. The third-order valence-corrected chi connectivity index (χ3v) is 5.78. The van der Waals surface area contributed by atoms with Gasteiger partial charge >= 0.3 is 0 Å². The van der Waals surface area contributed by atoms with Gasteiger partial charge in [-0.05, 0) is 50.1 Å². The summed E-state index contributed by atoms with van der Waals surface area (Å²) < 4.78 is 1.86. The number of allylic oxidation sites excluding steroid dienone is 1. The zero-order valence-electron chi connectivity index (χ0n) is 18.5. The molecule has 1 heterocycles. The second kappa shape index (κ2) is 10.8. The van der Waals surface area contributed by atoms with E-state index >= 15 is 0 Å². The number of thioether (sulfide) groups is 1. The molecule has 0 spiro atoms. The monoisotopic (exact) mass is 449 g/mol.